The van der Waals surface area contributed by atoms with Crippen LogP contribution in [-0.2, 0) is 0 Å². The molecule has 1 heterocycles. The standard InChI is InChI=1S/C15H23FN2/c1-11(2)15-7-4-8-18(15)10-14(17)12-5-3-6-13(16)9-12/h3,5-6,9,11,14-15H,4,7-8,10,17H2,1-2H3. The summed E-state index contributed by atoms with van der Waals surface area (Å²) in [6.45, 7) is 6.46. The smallest absolute Gasteiger partial charge is 0.123 e. The Morgan fingerprint density at radius 2 is 2.22 bits per heavy atom. The molecule has 0 aromatic heterocycles. The summed E-state index contributed by atoms with van der Waals surface area (Å²) in [5.74, 6) is 0.456. The quantitative estimate of drug-likeness (QED) is 0.890. The zero-order valence-electron chi connectivity index (χ0n) is 11.3. The average Bonchev–Trinajstić information content (AvgIpc) is 2.77. The van der Waals surface area contributed by atoms with E-state index in [0.717, 1.165) is 18.7 Å². The van der Waals surface area contributed by atoms with Crippen molar-refractivity contribution in [2.45, 2.75) is 38.8 Å². The monoisotopic (exact) mass is 250 g/mol. The Morgan fingerprint density at radius 1 is 1.44 bits per heavy atom. The largest absolute Gasteiger partial charge is 0.323 e. The van der Waals surface area contributed by atoms with E-state index in [2.05, 4.69) is 18.7 Å². The maximum absolute atomic E-state index is 13.2. The van der Waals surface area contributed by atoms with Gasteiger partial charge in [-0.05, 0) is 43.0 Å². The summed E-state index contributed by atoms with van der Waals surface area (Å²) in [5.41, 5.74) is 7.09. The number of nitrogens with two attached hydrogens (primary N) is 1. The Balaban J connectivity index is 2.00. The molecule has 1 aliphatic heterocycles. The van der Waals surface area contributed by atoms with Gasteiger partial charge in [0.05, 0.1) is 0 Å². The van der Waals surface area contributed by atoms with Gasteiger partial charge in [-0.15, -0.1) is 0 Å². The van der Waals surface area contributed by atoms with Crippen LogP contribution in [0.5, 0.6) is 0 Å². The minimum atomic E-state index is -0.204. The molecular weight excluding hydrogens is 227 g/mol. The molecule has 1 aliphatic rings. The molecule has 2 atom stereocenters. The third-order valence-electron chi connectivity index (χ3n) is 3.89. The first-order valence-corrected chi connectivity index (χ1v) is 6.83. The summed E-state index contributed by atoms with van der Waals surface area (Å²) in [7, 11) is 0. The highest BCUT2D eigenvalue weighted by Gasteiger charge is 2.28. The molecular formula is C15H23FN2. The minimum absolute atomic E-state index is 0.0972. The summed E-state index contributed by atoms with van der Waals surface area (Å²) < 4.78 is 13.2. The molecule has 18 heavy (non-hydrogen) atoms. The Morgan fingerprint density at radius 3 is 2.89 bits per heavy atom. The predicted octanol–water partition coefficient (Wildman–Crippen LogP) is 2.95. The van der Waals surface area contributed by atoms with Gasteiger partial charge in [0.1, 0.15) is 5.82 Å². The Labute approximate surface area is 109 Å². The highest BCUT2D eigenvalue weighted by molar-refractivity contribution is 5.20. The van der Waals surface area contributed by atoms with Gasteiger partial charge in [-0.1, -0.05) is 26.0 Å². The molecule has 2 nitrogen and oxygen atoms in total. The molecule has 0 bridgehead atoms. The predicted molar refractivity (Wildman–Crippen MR) is 72.8 cm³/mol. The van der Waals surface area contributed by atoms with Gasteiger partial charge in [-0.2, -0.15) is 0 Å². The van der Waals surface area contributed by atoms with Gasteiger partial charge in [0.15, 0.2) is 0 Å². The Bertz CT molecular complexity index is 392. The first kappa shape index (κ1) is 13.5. The van der Waals surface area contributed by atoms with Crippen molar-refractivity contribution >= 4 is 0 Å². The third kappa shape index (κ3) is 3.09. The van der Waals surface area contributed by atoms with Crippen LogP contribution in [0.3, 0.4) is 0 Å². The molecule has 2 rings (SSSR count). The van der Waals surface area contributed by atoms with Crippen molar-refractivity contribution in [3.05, 3.63) is 35.6 Å². The van der Waals surface area contributed by atoms with Crippen LogP contribution in [0.25, 0.3) is 0 Å². The molecule has 1 fully saturated rings. The molecule has 2 N–H and O–H groups in total. The van der Waals surface area contributed by atoms with Gasteiger partial charge in [0.2, 0.25) is 0 Å². The van der Waals surface area contributed by atoms with Crippen LogP contribution < -0.4 is 5.73 Å². The molecule has 100 valence electrons. The van der Waals surface area contributed by atoms with Crippen LogP contribution in [0.15, 0.2) is 24.3 Å². The first-order valence-electron chi connectivity index (χ1n) is 6.83. The maximum Gasteiger partial charge on any atom is 0.123 e. The second-order valence-corrected chi connectivity index (χ2v) is 5.61. The number of likely N-dealkylation sites (tertiary alicyclic amines) is 1. The van der Waals surface area contributed by atoms with Crippen LogP contribution >= 0.6 is 0 Å². The van der Waals surface area contributed by atoms with Gasteiger partial charge < -0.3 is 5.73 Å². The van der Waals surface area contributed by atoms with E-state index >= 15 is 0 Å². The molecule has 1 saturated heterocycles. The zero-order valence-corrected chi connectivity index (χ0v) is 11.3. The van der Waals surface area contributed by atoms with E-state index in [0.29, 0.717) is 12.0 Å². The summed E-state index contributed by atoms with van der Waals surface area (Å²) in [5, 5.41) is 0. The van der Waals surface area contributed by atoms with Gasteiger partial charge >= 0.3 is 0 Å². The number of benzene rings is 1. The zero-order chi connectivity index (χ0) is 13.1. The molecule has 0 spiro atoms. The number of hydrogen-bond donors (Lipinski definition) is 1. The minimum Gasteiger partial charge on any atom is -0.323 e. The number of nitrogens with zero attached hydrogens (tertiary/aromatic N) is 1. The van der Waals surface area contributed by atoms with E-state index in [1.165, 1.54) is 18.9 Å². The van der Waals surface area contributed by atoms with Gasteiger partial charge in [0, 0.05) is 18.6 Å². The van der Waals surface area contributed by atoms with Gasteiger partial charge in [0.25, 0.3) is 0 Å². The SMILES string of the molecule is CC(C)C1CCCN1CC(N)c1cccc(F)c1. The molecule has 0 aliphatic carbocycles. The molecule has 1 aromatic carbocycles. The third-order valence-corrected chi connectivity index (χ3v) is 3.89. The second-order valence-electron chi connectivity index (χ2n) is 5.61. The fourth-order valence-electron chi connectivity index (χ4n) is 2.93. The number of hydrogen-bond acceptors (Lipinski definition) is 2. The van der Waals surface area contributed by atoms with E-state index in [1.54, 1.807) is 12.1 Å². The number of halogens is 1. The van der Waals surface area contributed by atoms with Crippen LogP contribution in [0.2, 0.25) is 0 Å². The van der Waals surface area contributed by atoms with E-state index < -0.39 is 0 Å². The van der Waals surface area contributed by atoms with Crippen molar-refractivity contribution in [3.63, 3.8) is 0 Å². The normalized spacial score (nSPS) is 22.6. The van der Waals surface area contributed by atoms with E-state index in [9.17, 15) is 4.39 Å². The fraction of sp³-hybridized carbons (Fsp3) is 0.600. The fourth-order valence-corrected chi connectivity index (χ4v) is 2.93. The molecule has 0 saturated carbocycles. The lowest BCUT2D eigenvalue weighted by atomic mass is 10.0. The van der Waals surface area contributed by atoms with Gasteiger partial charge in [-0.25, -0.2) is 4.39 Å². The molecule has 0 amide bonds. The number of rotatable bonds is 4. The molecule has 2 unspecified atom stereocenters. The lowest BCUT2D eigenvalue weighted by Gasteiger charge is -2.30. The van der Waals surface area contributed by atoms with Crippen molar-refractivity contribution in [2.75, 3.05) is 13.1 Å². The van der Waals surface area contributed by atoms with E-state index in [1.807, 2.05) is 6.07 Å². The second kappa shape index (κ2) is 5.81. The highest BCUT2D eigenvalue weighted by Crippen LogP contribution is 2.25. The van der Waals surface area contributed by atoms with E-state index in [-0.39, 0.29) is 11.9 Å². The van der Waals surface area contributed by atoms with E-state index in [4.69, 9.17) is 5.73 Å². The lowest BCUT2D eigenvalue weighted by Crippen LogP contribution is -2.38. The summed E-state index contributed by atoms with van der Waals surface area (Å²) in [4.78, 5) is 2.46. The van der Waals surface area contributed by atoms with Crippen molar-refractivity contribution < 1.29 is 4.39 Å². The van der Waals surface area contributed by atoms with Crippen molar-refractivity contribution in [2.24, 2.45) is 11.7 Å². The van der Waals surface area contributed by atoms with Crippen LogP contribution in [0, 0.1) is 11.7 Å². The molecule has 0 radical (unpaired) electrons. The molecule has 3 heteroatoms. The van der Waals surface area contributed by atoms with Gasteiger partial charge in [-0.3, -0.25) is 4.90 Å². The Kier molecular flexibility index (Phi) is 4.36. The first-order chi connectivity index (χ1) is 8.58. The maximum atomic E-state index is 13.2. The van der Waals surface area contributed by atoms with Crippen molar-refractivity contribution in [3.8, 4) is 0 Å². The Hall–Kier alpha value is -0.930. The topological polar surface area (TPSA) is 29.3 Å². The summed E-state index contributed by atoms with van der Waals surface area (Å²) in [6.07, 6.45) is 2.51. The lowest BCUT2D eigenvalue weighted by molar-refractivity contribution is 0.195. The highest BCUT2D eigenvalue weighted by atomic mass is 19.1. The van der Waals surface area contributed by atoms with Crippen molar-refractivity contribution in [1.82, 2.24) is 4.90 Å². The average molecular weight is 250 g/mol. The molecule has 1 aromatic rings. The summed E-state index contributed by atoms with van der Waals surface area (Å²) in [6, 6.07) is 7.18. The van der Waals surface area contributed by atoms with Crippen LogP contribution in [-0.4, -0.2) is 24.0 Å². The van der Waals surface area contributed by atoms with Crippen molar-refractivity contribution in [1.29, 1.82) is 0 Å². The van der Waals surface area contributed by atoms with Crippen LogP contribution in [0.4, 0.5) is 4.39 Å². The van der Waals surface area contributed by atoms with Crippen LogP contribution in [0.1, 0.15) is 38.3 Å². The summed E-state index contributed by atoms with van der Waals surface area (Å²) >= 11 is 0.